The van der Waals surface area contributed by atoms with E-state index in [-0.39, 0.29) is 0 Å². The largest absolute Gasteiger partial charge is 0.494 e. The van der Waals surface area contributed by atoms with Crippen LogP contribution in [-0.4, -0.2) is 18.3 Å². The van der Waals surface area contributed by atoms with E-state index in [1.54, 1.807) is 0 Å². The summed E-state index contributed by atoms with van der Waals surface area (Å²) in [5, 5.41) is 6.92. The van der Waals surface area contributed by atoms with Gasteiger partial charge in [0, 0.05) is 17.8 Å². The lowest BCUT2D eigenvalue weighted by atomic mass is 10.2. The molecule has 122 valence electrons. The van der Waals surface area contributed by atoms with Crippen molar-refractivity contribution >= 4 is 23.0 Å². The molecule has 0 aliphatic heterocycles. The normalized spacial score (nSPS) is 10.0. The van der Waals surface area contributed by atoms with Gasteiger partial charge in [-0.1, -0.05) is 18.2 Å². The first-order chi connectivity index (χ1) is 11.2. The zero-order chi connectivity index (χ0) is 16.5. The molecule has 2 N–H and O–H groups in total. The summed E-state index contributed by atoms with van der Waals surface area (Å²) >= 11 is 5.33. The van der Waals surface area contributed by atoms with Crippen molar-refractivity contribution in [3.63, 3.8) is 0 Å². The van der Waals surface area contributed by atoms with E-state index in [2.05, 4.69) is 10.6 Å². The zero-order valence-corrected chi connectivity index (χ0v) is 14.3. The molecule has 0 unspecified atom stereocenters. The highest BCUT2D eigenvalue weighted by atomic mass is 32.1. The number of para-hydroxylation sites is 1. The standard InChI is InChI=1S/C18H22N2O2S/c1-3-21-16-11-9-15(10-12-16)20-18(23)19-13-14-7-5-6-8-17(14)22-4-2/h5-12H,3-4,13H2,1-2H3,(H2,19,20,23). The molecule has 0 aliphatic rings. The number of benzene rings is 2. The van der Waals surface area contributed by atoms with Gasteiger partial charge in [-0.25, -0.2) is 0 Å². The maximum Gasteiger partial charge on any atom is 0.171 e. The molecule has 2 aromatic carbocycles. The van der Waals surface area contributed by atoms with Crippen LogP contribution in [0.25, 0.3) is 0 Å². The molecule has 2 rings (SSSR count). The Hall–Kier alpha value is -2.27. The molecular weight excluding hydrogens is 308 g/mol. The summed E-state index contributed by atoms with van der Waals surface area (Å²) in [6, 6.07) is 15.6. The highest BCUT2D eigenvalue weighted by Crippen LogP contribution is 2.18. The molecule has 0 saturated heterocycles. The van der Waals surface area contributed by atoms with E-state index in [0.717, 1.165) is 22.7 Å². The number of nitrogens with one attached hydrogen (secondary N) is 2. The summed E-state index contributed by atoms with van der Waals surface area (Å²) in [6.07, 6.45) is 0. The summed E-state index contributed by atoms with van der Waals surface area (Å²) in [4.78, 5) is 0. The number of anilines is 1. The quantitative estimate of drug-likeness (QED) is 0.752. The van der Waals surface area contributed by atoms with Gasteiger partial charge in [-0.15, -0.1) is 0 Å². The van der Waals surface area contributed by atoms with Crippen molar-refractivity contribution in [2.45, 2.75) is 20.4 Å². The smallest absolute Gasteiger partial charge is 0.171 e. The van der Waals surface area contributed by atoms with Crippen LogP contribution >= 0.6 is 12.2 Å². The maximum atomic E-state index is 5.61. The van der Waals surface area contributed by atoms with Crippen LogP contribution in [-0.2, 0) is 6.54 Å². The lowest BCUT2D eigenvalue weighted by Crippen LogP contribution is -2.28. The minimum absolute atomic E-state index is 0.570. The molecule has 0 aliphatic carbocycles. The van der Waals surface area contributed by atoms with Gasteiger partial charge in [0.05, 0.1) is 13.2 Å². The van der Waals surface area contributed by atoms with E-state index in [1.165, 1.54) is 0 Å². The second-order valence-electron chi connectivity index (χ2n) is 4.81. The summed E-state index contributed by atoms with van der Waals surface area (Å²) in [5.74, 6) is 1.73. The highest BCUT2D eigenvalue weighted by Gasteiger charge is 2.04. The highest BCUT2D eigenvalue weighted by molar-refractivity contribution is 7.80. The van der Waals surface area contributed by atoms with Crippen molar-refractivity contribution in [1.29, 1.82) is 0 Å². The summed E-state index contributed by atoms with van der Waals surface area (Å²) < 4.78 is 11.0. The number of ether oxygens (including phenoxy) is 2. The Morgan fingerprint density at radius 1 is 0.957 bits per heavy atom. The topological polar surface area (TPSA) is 42.5 Å². The first-order valence-corrected chi connectivity index (χ1v) is 8.12. The van der Waals surface area contributed by atoms with Crippen LogP contribution < -0.4 is 20.1 Å². The van der Waals surface area contributed by atoms with Gasteiger partial charge in [0.15, 0.2) is 5.11 Å². The van der Waals surface area contributed by atoms with E-state index in [9.17, 15) is 0 Å². The fourth-order valence-corrected chi connectivity index (χ4v) is 2.29. The van der Waals surface area contributed by atoms with Gasteiger partial charge in [0.1, 0.15) is 11.5 Å². The van der Waals surface area contributed by atoms with E-state index >= 15 is 0 Å². The van der Waals surface area contributed by atoms with Crippen molar-refractivity contribution in [3.8, 4) is 11.5 Å². The van der Waals surface area contributed by atoms with Gasteiger partial charge in [0.25, 0.3) is 0 Å². The Bertz CT molecular complexity index is 629. The van der Waals surface area contributed by atoms with Gasteiger partial charge in [0.2, 0.25) is 0 Å². The second kappa shape index (κ2) is 9.00. The van der Waals surface area contributed by atoms with Crippen molar-refractivity contribution in [2.24, 2.45) is 0 Å². The van der Waals surface area contributed by atoms with Crippen molar-refractivity contribution < 1.29 is 9.47 Å². The average molecular weight is 330 g/mol. The molecule has 4 nitrogen and oxygen atoms in total. The van der Waals surface area contributed by atoms with E-state index in [1.807, 2.05) is 62.4 Å². The molecular formula is C18H22N2O2S. The third-order valence-electron chi connectivity index (χ3n) is 3.14. The molecule has 0 heterocycles. The Morgan fingerprint density at radius 2 is 1.65 bits per heavy atom. The van der Waals surface area contributed by atoms with Gasteiger partial charge >= 0.3 is 0 Å². The number of hydrogen-bond acceptors (Lipinski definition) is 3. The Kier molecular flexibility index (Phi) is 6.69. The van der Waals surface area contributed by atoms with Crippen LogP contribution in [0.1, 0.15) is 19.4 Å². The molecule has 2 aromatic rings. The van der Waals surface area contributed by atoms with Crippen molar-refractivity contribution in [2.75, 3.05) is 18.5 Å². The average Bonchev–Trinajstić information content (AvgIpc) is 2.56. The predicted molar refractivity (Wildman–Crippen MR) is 98.3 cm³/mol. The molecule has 0 atom stereocenters. The first kappa shape index (κ1) is 17.1. The Balaban J connectivity index is 1.87. The molecule has 0 fully saturated rings. The number of rotatable bonds is 7. The molecule has 0 radical (unpaired) electrons. The molecule has 0 spiro atoms. The van der Waals surface area contributed by atoms with Crippen LogP contribution in [0.3, 0.4) is 0 Å². The molecule has 0 bridgehead atoms. The van der Waals surface area contributed by atoms with Gasteiger partial charge in [-0.3, -0.25) is 0 Å². The van der Waals surface area contributed by atoms with Gasteiger partial charge in [-0.2, -0.15) is 0 Å². The zero-order valence-electron chi connectivity index (χ0n) is 13.5. The Morgan fingerprint density at radius 3 is 2.35 bits per heavy atom. The minimum Gasteiger partial charge on any atom is -0.494 e. The van der Waals surface area contributed by atoms with Crippen LogP contribution in [0, 0.1) is 0 Å². The van der Waals surface area contributed by atoms with E-state index < -0.39 is 0 Å². The lowest BCUT2D eigenvalue weighted by Gasteiger charge is -2.13. The summed E-state index contributed by atoms with van der Waals surface area (Å²) in [7, 11) is 0. The monoisotopic (exact) mass is 330 g/mol. The molecule has 0 saturated carbocycles. The molecule has 5 heteroatoms. The third-order valence-corrected chi connectivity index (χ3v) is 3.38. The number of thiocarbonyl (C=S) groups is 1. The molecule has 23 heavy (non-hydrogen) atoms. The van der Waals surface area contributed by atoms with Crippen LogP contribution in [0.15, 0.2) is 48.5 Å². The number of hydrogen-bond donors (Lipinski definition) is 2. The van der Waals surface area contributed by atoms with E-state index in [4.69, 9.17) is 21.7 Å². The second-order valence-corrected chi connectivity index (χ2v) is 5.21. The fourth-order valence-electron chi connectivity index (χ4n) is 2.10. The maximum absolute atomic E-state index is 5.61. The van der Waals surface area contributed by atoms with Crippen molar-refractivity contribution in [1.82, 2.24) is 5.32 Å². The SMILES string of the molecule is CCOc1ccc(NC(=S)NCc2ccccc2OCC)cc1. The van der Waals surface area contributed by atoms with Gasteiger partial charge < -0.3 is 20.1 Å². The van der Waals surface area contributed by atoms with Crippen molar-refractivity contribution in [3.05, 3.63) is 54.1 Å². The summed E-state index contributed by atoms with van der Waals surface area (Å²) in [6.45, 7) is 5.85. The van der Waals surface area contributed by atoms with E-state index in [0.29, 0.717) is 24.9 Å². The van der Waals surface area contributed by atoms with Gasteiger partial charge in [-0.05, 0) is 56.4 Å². The third kappa shape index (κ3) is 5.45. The minimum atomic E-state index is 0.570. The van der Waals surface area contributed by atoms with Crippen LogP contribution in [0.5, 0.6) is 11.5 Å². The lowest BCUT2D eigenvalue weighted by molar-refractivity contribution is 0.336. The Labute approximate surface area is 142 Å². The van der Waals surface area contributed by atoms with Crippen LogP contribution in [0.2, 0.25) is 0 Å². The summed E-state index contributed by atoms with van der Waals surface area (Å²) in [5.41, 5.74) is 1.99. The molecule has 0 aromatic heterocycles. The first-order valence-electron chi connectivity index (χ1n) is 7.71. The molecule has 0 amide bonds. The fraction of sp³-hybridized carbons (Fsp3) is 0.278. The van der Waals surface area contributed by atoms with Crippen LogP contribution in [0.4, 0.5) is 5.69 Å². The predicted octanol–water partition coefficient (Wildman–Crippen LogP) is 3.97.